The molecular weight excluding hydrogens is 288 g/mol. The number of amides is 2. The second kappa shape index (κ2) is 5.04. The number of hydrogen-bond donors (Lipinski definition) is 1. The maximum Gasteiger partial charge on any atom is 0.251 e. The Morgan fingerprint density at radius 2 is 1.52 bits per heavy atom. The minimum Gasteiger partial charge on any atom is -0.288 e. The molecule has 4 nitrogen and oxygen atoms in total. The zero-order valence-corrected chi connectivity index (χ0v) is 12.5. The molecule has 2 atom stereocenters. The Balaban J connectivity index is 2.02. The number of nitrogens with one attached hydrogen (secondary N) is 1. The van der Waals surface area contributed by atoms with Crippen LogP contribution in [0.2, 0.25) is 5.02 Å². The molecule has 0 aliphatic carbocycles. The molecule has 0 radical (unpaired) electrons. The molecule has 0 bridgehead atoms. The minimum atomic E-state index is -0.302. The van der Waals surface area contributed by atoms with Crippen molar-refractivity contribution < 1.29 is 9.59 Å². The first kappa shape index (κ1) is 13.9. The number of nitrogens with zero attached hydrogens (tertiary/aromatic N) is 1. The van der Waals surface area contributed by atoms with Crippen molar-refractivity contribution in [3.05, 3.63) is 41.4 Å². The van der Waals surface area contributed by atoms with Crippen molar-refractivity contribution in [2.24, 2.45) is 11.8 Å². The Morgan fingerprint density at radius 1 is 0.952 bits per heavy atom. The van der Waals surface area contributed by atoms with Crippen LogP contribution in [-0.4, -0.2) is 16.8 Å². The summed E-state index contributed by atoms with van der Waals surface area (Å²) >= 11 is 6.17. The number of hydrazine groups is 1. The summed E-state index contributed by atoms with van der Waals surface area (Å²) in [5.41, 5.74) is 3.64. The monoisotopic (exact) mass is 302 g/mol. The summed E-state index contributed by atoms with van der Waals surface area (Å²) in [4.78, 5) is 24.3. The summed E-state index contributed by atoms with van der Waals surface area (Å²) in [6.45, 7) is 3.54. The fraction of sp³-hybridized carbons (Fsp3) is 0.250. The highest BCUT2D eigenvalue weighted by Gasteiger charge is 2.42. The molecular formula is C16H15ClN2O2. The normalized spacial score (nSPS) is 22.1. The van der Waals surface area contributed by atoms with Gasteiger partial charge in [0.05, 0.1) is 5.69 Å². The van der Waals surface area contributed by atoms with Gasteiger partial charge in [-0.2, -0.15) is 5.01 Å². The highest BCUT2D eigenvalue weighted by molar-refractivity contribution is 6.36. The number of anilines is 1. The van der Waals surface area contributed by atoms with Crippen LogP contribution in [0.1, 0.15) is 13.8 Å². The van der Waals surface area contributed by atoms with E-state index in [9.17, 15) is 9.59 Å². The second-order valence-electron chi connectivity index (χ2n) is 5.34. The smallest absolute Gasteiger partial charge is 0.251 e. The van der Waals surface area contributed by atoms with E-state index in [-0.39, 0.29) is 23.7 Å². The molecule has 0 saturated carbocycles. The van der Waals surface area contributed by atoms with Crippen LogP contribution in [-0.2, 0) is 9.59 Å². The van der Waals surface area contributed by atoms with E-state index >= 15 is 0 Å². The second-order valence-corrected chi connectivity index (χ2v) is 5.75. The first-order valence-electron chi connectivity index (χ1n) is 6.82. The molecule has 0 aromatic heterocycles. The molecule has 1 N–H and O–H groups in total. The molecule has 1 fully saturated rings. The fourth-order valence-electron chi connectivity index (χ4n) is 2.53. The zero-order chi connectivity index (χ0) is 15.1. The van der Waals surface area contributed by atoms with Gasteiger partial charge in [0, 0.05) is 27.6 Å². The lowest BCUT2D eigenvalue weighted by molar-refractivity contribution is -0.138. The number of carbonyl (C=O) groups is 2. The van der Waals surface area contributed by atoms with Gasteiger partial charge in [0.2, 0.25) is 0 Å². The van der Waals surface area contributed by atoms with Crippen molar-refractivity contribution >= 4 is 39.9 Å². The maximum atomic E-state index is 12.2. The number of imide groups is 1. The third-order valence-electron chi connectivity index (χ3n) is 4.07. The van der Waals surface area contributed by atoms with Crippen LogP contribution >= 0.6 is 11.6 Å². The minimum absolute atomic E-state index is 0.202. The van der Waals surface area contributed by atoms with Crippen molar-refractivity contribution in [3.63, 3.8) is 0 Å². The molecule has 1 saturated heterocycles. The molecule has 1 aliphatic rings. The fourth-order valence-corrected chi connectivity index (χ4v) is 2.76. The molecule has 3 rings (SSSR count). The molecule has 0 spiro atoms. The molecule has 2 aromatic carbocycles. The predicted octanol–water partition coefficient (Wildman–Crippen LogP) is 3.46. The average Bonchev–Trinajstić information content (AvgIpc) is 2.68. The summed E-state index contributed by atoms with van der Waals surface area (Å²) < 4.78 is 0. The Hall–Kier alpha value is -2.07. The number of fused-ring (bicyclic) bond motifs is 1. The van der Waals surface area contributed by atoms with E-state index in [1.807, 2.05) is 24.3 Å². The standard InChI is InChI=1S/C16H15ClN2O2/c1-9-10(2)16(21)19(15(9)20)18-14-8-7-13(17)11-5-3-4-6-12(11)14/h3-10,18H,1-2H3. The van der Waals surface area contributed by atoms with Gasteiger partial charge in [-0.1, -0.05) is 49.7 Å². The first-order valence-corrected chi connectivity index (χ1v) is 7.20. The van der Waals surface area contributed by atoms with Gasteiger partial charge in [0.25, 0.3) is 11.8 Å². The number of carbonyl (C=O) groups excluding carboxylic acids is 2. The van der Waals surface area contributed by atoms with E-state index < -0.39 is 0 Å². The SMILES string of the molecule is CC1C(=O)N(Nc2ccc(Cl)c3ccccc23)C(=O)C1C. The lowest BCUT2D eigenvalue weighted by Crippen LogP contribution is -2.36. The quantitative estimate of drug-likeness (QED) is 0.864. The van der Waals surface area contributed by atoms with E-state index in [1.165, 1.54) is 0 Å². The lowest BCUT2D eigenvalue weighted by Gasteiger charge is -2.19. The number of rotatable bonds is 2. The highest BCUT2D eigenvalue weighted by Crippen LogP contribution is 2.32. The van der Waals surface area contributed by atoms with Crippen LogP contribution in [0.4, 0.5) is 5.69 Å². The van der Waals surface area contributed by atoms with E-state index in [0.29, 0.717) is 10.7 Å². The first-order chi connectivity index (χ1) is 10.0. The topological polar surface area (TPSA) is 49.4 Å². The van der Waals surface area contributed by atoms with Crippen LogP contribution < -0.4 is 5.43 Å². The zero-order valence-electron chi connectivity index (χ0n) is 11.8. The summed E-state index contributed by atoms with van der Waals surface area (Å²) in [6, 6.07) is 11.1. The van der Waals surface area contributed by atoms with Crippen molar-refractivity contribution in [3.8, 4) is 0 Å². The molecule has 21 heavy (non-hydrogen) atoms. The predicted molar refractivity (Wildman–Crippen MR) is 82.8 cm³/mol. The van der Waals surface area contributed by atoms with E-state index in [1.54, 1.807) is 26.0 Å². The molecule has 2 aromatic rings. The van der Waals surface area contributed by atoms with Crippen molar-refractivity contribution in [2.45, 2.75) is 13.8 Å². The summed E-state index contributed by atoms with van der Waals surface area (Å²) in [6.07, 6.45) is 0. The van der Waals surface area contributed by atoms with Crippen molar-refractivity contribution in [1.29, 1.82) is 0 Å². The largest absolute Gasteiger partial charge is 0.288 e. The van der Waals surface area contributed by atoms with Gasteiger partial charge in [0.15, 0.2) is 0 Å². The average molecular weight is 303 g/mol. The van der Waals surface area contributed by atoms with Gasteiger partial charge in [-0.15, -0.1) is 0 Å². The van der Waals surface area contributed by atoms with Crippen LogP contribution in [0, 0.1) is 11.8 Å². The van der Waals surface area contributed by atoms with Gasteiger partial charge in [-0.25, -0.2) is 0 Å². The van der Waals surface area contributed by atoms with Gasteiger partial charge >= 0.3 is 0 Å². The summed E-state index contributed by atoms with van der Waals surface area (Å²) in [5, 5.41) is 3.50. The van der Waals surface area contributed by atoms with Gasteiger partial charge < -0.3 is 0 Å². The lowest BCUT2D eigenvalue weighted by atomic mass is 10.00. The summed E-state index contributed by atoms with van der Waals surface area (Å²) in [5.74, 6) is -1.01. The Morgan fingerprint density at radius 3 is 2.14 bits per heavy atom. The van der Waals surface area contributed by atoms with Crippen molar-refractivity contribution in [1.82, 2.24) is 5.01 Å². The molecule has 5 heteroatoms. The van der Waals surface area contributed by atoms with Gasteiger partial charge in [0.1, 0.15) is 0 Å². The molecule has 2 amide bonds. The van der Waals surface area contributed by atoms with E-state index in [2.05, 4.69) is 5.43 Å². The molecule has 108 valence electrons. The van der Waals surface area contributed by atoms with Gasteiger partial charge in [-0.05, 0) is 12.1 Å². The number of hydrogen-bond acceptors (Lipinski definition) is 3. The Kier molecular flexibility index (Phi) is 3.33. The van der Waals surface area contributed by atoms with Crippen LogP contribution in [0.25, 0.3) is 10.8 Å². The van der Waals surface area contributed by atoms with Gasteiger partial charge in [-0.3, -0.25) is 15.0 Å². The molecule has 1 heterocycles. The van der Waals surface area contributed by atoms with Crippen LogP contribution in [0.15, 0.2) is 36.4 Å². The molecule has 1 aliphatic heterocycles. The number of halogens is 1. The summed E-state index contributed by atoms with van der Waals surface area (Å²) in [7, 11) is 0. The Bertz CT molecular complexity index is 724. The molecule has 2 unspecified atom stereocenters. The van der Waals surface area contributed by atoms with E-state index in [4.69, 9.17) is 11.6 Å². The van der Waals surface area contributed by atoms with Crippen molar-refractivity contribution in [2.75, 3.05) is 5.43 Å². The maximum absolute atomic E-state index is 12.2. The number of benzene rings is 2. The third-order valence-corrected chi connectivity index (χ3v) is 4.40. The van der Waals surface area contributed by atoms with E-state index in [0.717, 1.165) is 15.8 Å². The van der Waals surface area contributed by atoms with Crippen LogP contribution in [0.5, 0.6) is 0 Å². The highest BCUT2D eigenvalue weighted by atomic mass is 35.5. The Labute approximate surface area is 127 Å². The third kappa shape index (κ3) is 2.16. The van der Waals surface area contributed by atoms with Crippen LogP contribution in [0.3, 0.4) is 0 Å².